The lowest BCUT2D eigenvalue weighted by Crippen LogP contribution is -2.44. The summed E-state index contributed by atoms with van der Waals surface area (Å²) in [7, 11) is 0. The molecule has 3 rings (SSSR count). The molecule has 1 aromatic heterocycles. The predicted octanol–water partition coefficient (Wildman–Crippen LogP) is 3.53. The Morgan fingerprint density at radius 2 is 2.07 bits per heavy atom. The van der Waals surface area contributed by atoms with E-state index in [0.717, 1.165) is 55.1 Å². The second kappa shape index (κ2) is 9.74. The summed E-state index contributed by atoms with van der Waals surface area (Å²) in [5.41, 5.74) is 3.55. The van der Waals surface area contributed by atoms with Crippen LogP contribution in [-0.4, -0.2) is 43.2 Å². The van der Waals surface area contributed by atoms with Crippen LogP contribution in [0.3, 0.4) is 0 Å². The fraction of sp³-hybridized carbons (Fsp3) is 0.429. The number of hydrogen-bond acceptors (Lipinski definition) is 3. The standard InChI is InChI=1S/C21H28BrN5/c1-3-23-21(24-12-10-17-5-4-16(2)25-14-17)26-19-11-13-27(15-19)20-8-6-18(22)7-9-20/h4-9,14,19H,3,10-13,15H2,1-2H3,(H2,23,24,26). The van der Waals surface area contributed by atoms with Crippen molar-refractivity contribution in [2.75, 3.05) is 31.1 Å². The van der Waals surface area contributed by atoms with Crippen LogP contribution in [0, 0.1) is 6.92 Å². The minimum atomic E-state index is 0.410. The van der Waals surface area contributed by atoms with Crippen molar-refractivity contribution in [1.29, 1.82) is 0 Å². The monoisotopic (exact) mass is 429 g/mol. The summed E-state index contributed by atoms with van der Waals surface area (Å²) in [6.07, 6.45) is 3.96. The normalized spacial score (nSPS) is 17.2. The van der Waals surface area contributed by atoms with Gasteiger partial charge in [0.15, 0.2) is 5.96 Å². The summed E-state index contributed by atoms with van der Waals surface area (Å²) in [5, 5.41) is 6.96. The van der Waals surface area contributed by atoms with Gasteiger partial charge in [0.25, 0.3) is 0 Å². The summed E-state index contributed by atoms with van der Waals surface area (Å²) in [4.78, 5) is 11.5. The zero-order valence-corrected chi connectivity index (χ0v) is 17.7. The summed E-state index contributed by atoms with van der Waals surface area (Å²) in [5.74, 6) is 0.903. The molecule has 2 heterocycles. The maximum atomic E-state index is 4.75. The van der Waals surface area contributed by atoms with Gasteiger partial charge < -0.3 is 15.5 Å². The summed E-state index contributed by atoms with van der Waals surface area (Å²) >= 11 is 3.50. The molecule has 2 N–H and O–H groups in total. The van der Waals surface area contributed by atoms with Crippen molar-refractivity contribution in [1.82, 2.24) is 15.6 Å². The van der Waals surface area contributed by atoms with Crippen molar-refractivity contribution in [3.05, 3.63) is 58.3 Å². The molecular formula is C21H28BrN5. The third-order valence-corrected chi connectivity index (χ3v) is 5.24. The first kappa shape index (κ1) is 19.7. The molecule has 0 saturated carbocycles. The molecule has 0 radical (unpaired) electrons. The summed E-state index contributed by atoms with van der Waals surface area (Å²) in [6, 6.07) is 13.1. The van der Waals surface area contributed by atoms with Crippen molar-refractivity contribution in [2.24, 2.45) is 4.99 Å². The average molecular weight is 430 g/mol. The van der Waals surface area contributed by atoms with Crippen LogP contribution in [0.5, 0.6) is 0 Å². The Labute approximate surface area is 170 Å². The smallest absolute Gasteiger partial charge is 0.191 e. The van der Waals surface area contributed by atoms with Crippen molar-refractivity contribution in [2.45, 2.75) is 32.7 Å². The minimum Gasteiger partial charge on any atom is -0.369 e. The third kappa shape index (κ3) is 5.96. The highest BCUT2D eigenvalue weighted by molar-refractivity contribution is 9.10. The summed E-state index contributed by atoms with van der Waals surface area (Å²) < 4.78 is 1.12. The number of hydrogen-bond donors (Lipinski definition) is 2. The Hall–Kier alpha value is -2.08. The highest BCUT2D eigenvalue weighted by Gasteiger charge is 2.23. The lowest BCUT2D eigenvalue weighted by atomic mass is 10.2. The molecule has 1 aliphatic heterocycles. The Balaban J connectivity index is 1.52. The lowest BCUT2D eigenvalue weighted by Gasteiger charge is -2.20. The van der Waals surface area contributed by atoms with Crippen LogP contribution >= 0.6 is 15.9 Å². The number of aromatic nitrogens is 1. The number of halogens is 1. The van der Waals surface area contributed by atoms with E-state index in [1.165, 1.54) is 11.3 Å². The van der Waals surface area contributed by atoms with Crippen LogP contribution in [-0.2, 0) is 6.42 Å². The van der Waals surface area contributed by atoms with E-state index in [1.54, 1.807) is 0 Å². The molecule has 1 aliphatic rings. The number of pyridine rings is 1. The van der Waals surface area contributed by atoms with Crippen LogP contribution in [0.15, 0.2) is 52.1 Å². The van der Waals surface area contributed by atoms with Gasteiger partial charge in [-0.25, -0.2) is 0 Å². The molecule has 5 nitrogen and oxygen atoms in total. The first-order chi connectivity index (χ1) is 13.1. The van der Waals surface area contributed by atoms with E-state index >= 15 is 0 Å². The number of anilines is 1. The molecule has 27 heavy (non-hydrogen) atoms. The van der Waals surface area contributed by atoms with Crippen LogP contribution in [0.2, 0.25) is 0 Å². The number of guanidine groups is 1. The molecule has 1 saturated heterocycles. The molecular weight excluding hydrogens is 402 g/mol. The van der Waals surface area contributed by atoms with E-state index in [1.807, 2.05) is 13.1 Å². The van der Waals surface area contributed by atoms with Crippen molar-refractivity contribution in [3.63, 3.8) is 0 Å². The molecule has 144 valence electrons. The Bertz CT molecular complexity index is 742. The fourth-order valence-corrected chi connectivity index (χ4v) is 3.49. The molecule has 1 atom stereocenters. The van der Waals surface area contributed by atoms with E-state index < -0.39 is 0 Å². The number of nitrogens with one attached hydrogen (secondary N) is 2. The van der Waals surface area contributed by atoms with Gasteiger partial charge in [-0.05, 0) is 62.6 Å². The topological polar surface area (TPSA) is 52.6 Å². The van der Waals surface area contributed by atoms with Gasteiger partial charge in [-0.15, -0.1) is 0 Å². The van der Waals surface area contributed by atoms with Gasteiger partial charge in [-0.3, -0.25) is 9.98 Å². The highest BCUT2D eigenvalue weighted by Crippen LogP contribution is 2.22. The number of rotatable bonds is 6. The number of benzene rings is 1. The molecule has 0 spiro atoms. The molecule has 2 aromatic rings. The summed E-state index contributed by atoms with van der Waals surface area (Å²) in [6.45, 7) is 7.78. The van der Waals surface area contributed by atoms with Gasteiger partial charge in [0.05, 0.1) is 0 Å². The van der Waals surface area contributed by atoms with Gasteiger partial charge in [0, 0.05) is 54.3 Å². The minimum absolute atomic E-state index is 0.410. The van der Waals surface area contributed by atoms with Crippen molar-refractivity contribution < 1.29 is 0 Å². The van der Waals surface area contributed by atoms with E-state index in [-0.39, 0.29) is 0 Å². The molecule has 1 unspecified atom stereocenters. The van der Waals surface area contributed by atoms with E-state index in [2.05, 4.69) is 79.8 Å². The molecule has 0 bridgehead atoms. The zero-order valence-electron chi connectivity index (χ0n) is 16.1. The van der Waals surface area contributed by atoms with Gasteiger partial charge in [-0.1, -0.05) is 22.0 Å². The molecule has 1 fully saturated rings. The first-order valence-corrected chi connectivity index (χ1v) is 10.4. The fourth-order valence-electron chi connectivity index (χ4n) is 3.22. The second-order valence-electron chi connectivity index (χ2n) is 6.87. The van der Waals surface area contributed by atoms with Gasteiger partial charge >= 0.3 is 0 Å². The molecule has 0 aliphatic carbocycles. The number of aryl methyl sites for hydroxylation is 1. The molecule has 0 amide bonds. The van der Waals surface area contributed by atoms with Crippen LogP contribution in [0.4, 0.5) is 5.69 Å². The number of aliphatic imine (C=N–C) groups is 1. The maximum absolute atomic E-state index is 4.75. The van der Waals surface area contributed by atoms with Gasteiger partial charge in [-0.2, -0.15) is 0 Å². The Kier molecular flexibility index (Phi) is 7.10. The Morgan fingerprint density at radius 3 is 2.78 bits per heavy atom. The average Bonchev–Trinajstić information content (AvgIpc) is 3.12. The van der Waals surface area contributed by atoms with E-state index in [4.69, 9.17) is 4.99 Å². The van der Waals surface area contributed by atoms with Crippen molar-refractivity contribution >= 4 is 27.6 Å². The molecule has 6 heteroatoms. The Morgan fingerprint density at radius 1 is 1.26 bits per heavy atom. The second-order valence-corrected chi connectivity index (χ2v) is 7.79. The van der Waals surface area contributed by atoms with Crippen LogP contribution in [0.25, 0.3) is 0 Å². The van der Waals surface area contributed by atoms with Gasteiger partial charge in [0.1, 0.15) is 0 Å². The van der Waals surface area contributed by atoms with E-state index in [0.29, 0.717) is 6.04 Å². The first-order valence-electron chi connectivity index (χ1n) is 9.61. The van der Waals surface area contributed by atoms with Crippen LogP contribution < -0.4 is 15.5 Å². The van der Waals surface area contributed by atoms with Crippen molar-refractivity contribution in [3.8, 4) is 0 Å². The molecule has 1 aromatic carbocycles. The number of nitrogens with zero attached hydrogens (tertiary/aromatic N) is 3. The third-order valence-electron chi connectivity index (χ3n) is 4.71. The predicted molar refractivity (Wildman–Crippen MR) is 117 cm³/mol. The van der Waals surface area contributed by atoms with E-state index in [9.17, 15) is 0 Å². The maximum Gasteiger partial charge on any atom is 0.191 e. The SMILES string of the molecule is CCNC(=NCCc1ccc(C)nc1)NC1CCN(c2ccc(Br)cc2)C1. The highest BCUT2D eigenvalue weighted by atomic mass is 79.9. The van der Waals surface area contributed by atoms with Gasteiger partial charge in [0.2, 0.25) is 0 Å². The quantitative estimate of drug-likeness (QED) is 0.544. The van der Waals surface area contributed by atoms with Crippen LogP contribution in [0.1, 0.15) is 24.6 Å². The largest absolute Gasteiger partial charge is 0.369 e. The zero-order chi connectivity index (χ0) is 19.1. The lowest BCUT2D eigenvalue weighted by molar-refractivity contribution is 0.649.